The Balaban J connectivity index is 2.12. The minimum Gasteiger partial charge on any atom is -0.507 e. The normalized spacial score (nSPS) is 12.2. The molecule has 2 rings (SSSR count). The fraction of sp³-hybridized carbons (Fsp3) is 0.458. The van der Waals surface area contributed by atoms with E-state index in [1.54, 1.807) is 0 Å². The Labute approximate surface area is 168 Å². The second-order valence-corrected chi connectivity index (χ2v) is 10.2. The van der Waals surface area contributed by atoms with Crippen molar-refractivity contribution in [2.24, 2.45) is 0 Å². The van der Waals surface area contributed by atoms with Crippen LogP contribution >= 0.6 is 11.8 Å². The lowest BCUT2D eigenvalue weighted by Gasteiger charge is -2.28. The minimum atomic E-state index is -0.147. The second-order valence-electron chi connectivity index (χ2n) is 9.19. The Morgan fingerprint density at radius 1 is 0.889 bits per heavy atom. The maximum Gasteiger partial charge on any atom is 0.189 e. The van der Waals surface area contributed by atoms with Crippen molar-refractivity contribution >= 4 is 16.9 Å². The number of phenolic OH excluding ortho intramolecular Hbond substituents is 1. The van der Waals surface area contributed by atoms with Crippen LogP contribution in [-0.2, 0) is 27.8 Å². The molecular weight excluding hydrogens is 352 g/mol. The molecule has 0 aromatic heterocycles. The summed E-state index contributed by atoms with van der Waals surface area (Å²) >= 11 is 1.38. The average molecular weight is 385 g/mol. The van der Waals surface area contributed by atoms with E-state index in [9.17, 15) is 9.90 Å². The van der Waals surface area contributed by atoms with Crippen LogP contribution in [0, 0.1) is 0 Å². The Bertz CT molecular complexity index is 745. The van der Waals surface area contributed by atoms with Crippen molar-refractivity contribution in [2.75, 3.05) is 0 Å². The topological polar surface area (TPSA) is 37.3 Å². The molecular formula is C24H32O2S. The van der Waals surface area contributed by atoms with Crippen LogP contribution in [-0.4, -0.2) is 10.2 Å². The third-order valence-corrected chi connectivity index (χ3v) is 5.65. The van der Waals surface area contributed by atoms with Gasteiger partial charge in [-0.25, -0.2) is 0 Å². The van der Waals surface area contributed by atoms with Crippen molar-refractivity contribution in [3.8, 4) is 5.75 Å². The third-order valence-electron chi connectivity index (χ3n) is 4.65. The summed E-state index contributed by atoms with van der Waals surface area (Å²) in [7, 11) is 0. The largest absolute Gasteiger partial charge is 0.507 e. The van der Waals surface area contributed by atoms with Crippen LogP contribution in [0.3, 0.4) is 0 Å². The monoisotopic (exact) mass is 384 g/mol. The number of aromatic hydroxyl groups is 1. The van der Waals surface area contributed by atoms with Gasteiger partial charge in [-0.2, -0.15) is 0 Å². The van der Waals surface area contributed by atoms with Gasteiger partial charge < -0.3 is 5.11 Å². The smallest absolute Gasteiger partial charge is 0.189 e. The van der Waals surface area contributed by atoms with Crippen molar-refractivity contribution < 1.29 is 9.90 Å². The highest BCUT2D eigenvalue weighted by Gasteiger charge is 2.26. The summed E-state index contributed by atoms with van der Waals surface area (Å²) in [5.41, 5.74) is 3.91. The van der Waals surface area contributed by atoms with E-state index < -0.39 is 0 Å². The summed E-state index contributed by atoms with van der Waals surface area (Å²) < 4.78 is 0. The van der Waals surface area contributed by atoms with E-state index in [1.807, 2.05) is 30.3 Å². The summed E-state index contributed by atoms with van der Waals surface area (Å²) in [5.74, 6) is 1.11. The van der Waals surface area contributed by atoms with Gasteiger partial charge in [0.2, 0.25) is 0 Å². The van der Waals surface area contributed by atoms with E-state index in [0.29, 0.717) is 18.6 Å². The van der Waals surface area contributed by atoms with Gasteiger partial charge in [0.15, 0.2) is 5.12 Å². The summed E-state index contributed by atoms with van der Waals surface area (Å²) in [6, 6.07) is 14.2. The standard InChI is InChI=1S/C24H32O2S/c1-23(2,3)19-14-18(15-20(22(19)26)24(4,5)6)12-13-21(25)27-16-17-10-8-7-9-11-17/h7-11,14-15,26H,12-13,16H2,1-6H3. The fourth-order valence-electron chi connectivity index (χ4n) is 3.04. The van der Waals surface area contributed by atoms with E-state index in [1.165, 1.54) is 17.3 Å². The number of phenols is 1. The lowest BCUT2D eigenvalue weighted by atomic mass is 9.78. The summed E-state index contributed by atoms with van der Waals surface area (Å²) in [5, 5.41) is 11.0. The number of thioether (sulfide) groups is 1. The van der Waals surface area contributed by atoms with Crippen LogP contribution in [0.5, 0.6) is 5.75 Å². The van der Waals surface area contributed by atoms with Gasteiger partial charge in [-0.15, -0.1) is 0 Å². The first kappa shape index (κ1) is 21.6. The quantitative estimate of drug-likeness (QED) is 0.650. The fourth-order valence-corrected chi connectivity index (χ4v) is 3.81. The molecule has 0 aliphatic heterocycles. The van der Waals surface area contributed by atoms with E-state index >= 15 is 0 Å². The van der Waals surface area contributed by atoms with Crippen molar-refractivity contribution in [1.82, 2.24) is 0 Å². The summed E-state index contributed by atoms with van der Waals surface area (Å²) in [6.07, 6.45) is 1.21. The van der Waals surface area contributed by atoms with Gasteiger partial charge in [0, 0.05) is 12.2 Å². The lowest BCUT2D eigenvalue weighted by Crippen LogP contribution is -2.18. The van der Waals surface area contributed by atoms with Gasteiger partial charge in [-0.05, 0) is 39.5 Å². The van der Waals surface area contributed by atoms with Crippen molar-refractivity contribution in [3.63, 3.8) is 0 Å². The van der Waals surface area contributed by atoms with Gasteiger partial charge in [0.05, 0.1) is 0 Å². The highest BCUT2D eigenvalue weighted by molar-refractivity contribution is 8.12. The number of benzene rings is 2. The van der Waals surface area contributed by atoms with Crippen LogP contribution < -0.4 is 0 Å². The molecule has 2 aromatic rings. The lowest BCUT2D eigenvalue weighted by molar-refractivity contribution is -0.110. The molecule has 0 radical (unpaired) electrons. The molecule has 2 aromatic carbocycles. The Morgan fingerprint density at radius 3 is 1.89 bits per heavy atom. The maximum absolute atomic E-state index is 12.3. The molecule has 0 atom stereocenters. The molecule has 27 heavy (non-hydrogen) atoms. The third kappa shape index (κ3) is 6.14. The SMILES string of the molecule is CC(C)(C)c1cc(CCC(=O)SCc2ccccc2)cc(C(C)(C)C)c1O. The van der Waals surface area contributed by atoms with Crippen molar-refractivity contribution in [3.05, 3.63) is 64.7 Å². The van der Waals surface area contributed by atoms with E-state index in [0.717, 1.165) is 22.4 Å². The van der Waals surface area contributed by atoms with Crippen molar-refractivity contribution in [1.29, 1.82) is 0 Å². The molecule has 0 saturated heterocycles. The van der Waals surface area contributed by atoms with Gasteiger partial charge in [-0.1, -0.05) is 95.8 Å². The first-order valence-corrected chi connectivity index (χ1v) is 10.5. The van der Waals surface area contributed by atoms with Crippen LogP contribution in [0.1, 0.15) is 70.2 Å². The average Bonchev–Trinajstić information content (AvgIpc) is 2.58. The van der Waals surface area contributed by atoms with Gasteiger partial charge >= 0.3 is 0 Å². The molecule has 0 aliphatic carbocycles. The molecule has 146 valence electrons. The molecule has 2 nitrogen and oxygen atoms in total. The van der Waals surface area contributed by atoms with Crippen LogP contribution in [0.4, 0.5) is 0 Å². The number of aryl methyl sites for hydroxylation is 1. The number of hydrogen-bond donors (Lipinski definition) is 1. The van der Waals surface area contributed by atoms with Gasteiger partial charge in [0.25, 0.3) is 0 Å². The van der Waals surface area contributed by atoms with Crippen LogP contribution in [0.2, 0.25) is 0 Å². The zero-order chi connectivity index (χ0) is 20.2. The van der Waals surface area contributed by atoms with Gasteiger partial charge in [-0.3, -0.25) is 4.79 Å². The first-order valence-electron chi connectivity index (χ1n) is 9.55. The molecule has 0 bridgehead atoms. The zero-order valence-corrected chi connectivity index (χ0v) is 18.2. The molecule has 0 unspecified atom stereocenters. The molecule has 0 spiro atoms. The predicted octanol–water partition coefficient (Wildman–Crippen LogP) is 6.38. The van der Waals surface area contributed by atoms with Crippen LogP contribution in [0.25, 0.3) is 0 Å². The zero-order valence-electron chi connectivity index (χ0n) is 17.4. The molecule has 0 fully saturated rings. The molecule has 1 N–H and O–H groups in total. The number of rotatable bonds is 5. The number of carbonyl (C=O) groups is 1. The number of hydrogen-bond acceptors (Lipinski definition) is 3. The minimum absolute atomic E-state index is 0.147. The van der Waals surface area contributed by atoms with Crippen LogP contribution in [0.15, 0.2) is 42.5 Å². The predicted molar refractivity (Wildman–Crippen MR) is 117 cm³/mol. The molecule has 3 heteroatoms. The van der Waals surface area contributed by atoms with Crippen molar-refractivity contribution in [2.45, 2.75) is 71.0 Å². The van der Waals surface area contributed by atoms with E-state index in [2.05, 4.69) is 53.7 Å². The maximum atomic E-state index is 12.3. The Kier molecular flexibility index (Phi) is 6.80. The second kappa shape index (κ2) is 8.52. The summed E-state index contributed by atoms with van der Waals surface area (Å²) in [6.45, 7) is 12.7. The molecule has 0 amide bonds. The molecule has 0 heterocycles. The highest BCUT2D eigenvalue weighted by atomic mass is 32.2. The van der Waals surface area contributed by atoms with E-state index in [-0.39, 0.29) is 15.9 Å². The highest BCUT2D eigenvalue weighted by Crippen LogP contribution is 2.40. The first-order chi connectivity index (χ1) is 12.5. The molecule has 0 aliphatic rings. The molecule has 0 saturated carbocycles. The van der Waals surface area contributed by atoms with Gasteiger partial charge in [0.1, 0.15) is 5.75 Å². The Morgan fingerprint density at radius 2 is 1.41 bits per heavy atom. The van der Waals surface area contributed by atoms with E-state index in [4.69, 9.17) is 0 Å². The number of carbonyl (C=O) groups excluding carboxylic acids is 1. The Hall–Kier alpha value is -1.74. The summed E-state index contributed by atoms with van der Waals surface area (Å²) in [4.78, 5) is 12.3.